The third kappa shape index (κ3) is 4.83. The monoisotopic (exact) mass is 429 g/mol. The average molecular weight is 430 g/mol. The first-order valence-electron chi connectivity index (χ1n) is 8.15. The molecule has 0 spiro atoms. The first kappa shape index (κ1) is 18.8. The molecule has 0 radical (unpaired) electrons. The van der Waals surface area contributed by atoms with Crippen molar-refractivity contribution >= 4 is 38.8 Å². The molecule has 1 N–H and O–H groups in total. The van der Waals surface area contributed by atoms with Gasteiger partial charge in [-0.1, -0.05) is 33.6 Å². The molecular formula is C20H16BrNO5. The summed E-state index contributed by atoms with van der Waals surface area (Å²) >= 11 is 3.31. The SMILES string of the molecule is Cc1cccc(C(=O)NCC(=O)OCc2cc(=O)oc3cc(Br)ccc23)c1. The van der Waals surface area contributed by atoms with Gasteiger partial charge in [0.1, 0.15) is 18.7 Å². The molecule has 0 saturated carbocycles. The molecule has 0 bridgehead atoms. The van der Waals surface area contributed by atoms with Gasteiger partial charge in [-0.3, -0.25) is 9.59 Å². The smallest absolute Gasteiger partial charge is 0.336 e. The van der Waals surface area contributed by atoms with Crippen molar-refractivity contribution in [3.8, 4) is 0 Å². The van der Waals surface area contributed by atoms with Crippen LogP contribution >= 0.6 is 15.9 Å². The zero-order chi connectivity index (χ0) is 19.4. The second-order valence-corrected chi connectivity index (χ2v) is 6.86. The number of nitrogens with one attached hydrogen (secondary N) is 1. The van der Waals surface area contributed by atoms with E-state index < -0.39 is 11.6 Å². The normalized spacial score (nSPS) is 10.6. The molecule has 3 aromatic rings. The van der Waals surface area contributed by atoms with Crippen LogP contribution in [0.3, 0.4) is 0 Å². The standard InChI is InChI=1S/C20H16BrNO5/c1-12-3-2-4-13(7-12)20(25)22-10-19(24)26-11-14-8-18(23)27-17-9-15(21)5-6-16(14)17/h2-9H,10-11H2,1H3,(H,22,25). The van der Waals surface area contributed by atoms with E-state index in [1.807, 2.05) is 13.0 Å². The summed E-state index contributed by atoms with van der Waals surface area (Å²) in [5.74, 6) is -0.958. The van der Waals surface area contributed by atoms with Crippen LogP contribution in [0.25, 0.3) is 11.0 Å². The lowest BCUT2D eigenvalue weighted by atomic mass is 10.1. The molecule has 3 rings (SSSR count). The molecule has 0 aliphatic heterocycles. The second kappa shape index (κ2) is 8.18. The van der Waals surface area contributed by atoms with Gasteiger partial charge in [-0.05, 0) is 37.3 Å². The van der Waals surface area contributed by atoms with Gasteiger partial charge >= 0.3 is 11.6 Å². The molecule has 0 aliphatic carbocycles. The van der Waals surface area contributed by atoms with Crippen LogP contribution in [0.1, 0.15) is 21.5 Å². The number of amides is 1. The lowest BCUT2D eigenvalue weighted by Gasteiger charge is -2.09. The minimum absolute atomic E-state index is 0.0944. The number of carbonyl (C=O) groups excluding carboxylic acids is 2. The van der Waals surface area contributed by atoms with E-state index in [1.165, 1.54) is 6.07 Å². The summed E-state index contributed by atoms with van der Waals surface area (Å²) in [6.45, 7) is 1.52. The quantitative estimate of drug-likeness (QED) is 0.496. The lowest BCUT2D eigenvalue weighted by Crippen LogP contribution is -2.30. The first-order chi connectivity index (χ1) is 12.9. The molecule has 7 heteroatoms. The maximum atomic E-state index is 12.0. The van der Waals surface area contributed by atoms with Crippen molar-refractivity contribution in [2.24, 2.45) is 0 Å². The average Bonchev–Trinajstić information content (AvgIpc) is 2.63. The number of esters is 1. The number of carbonyl (C=O) groups is 2. The van der Waals surface area contributed by atoms with Crippen LogP contribution < -0.4 is 10.9 Å². The lowest BCUT2D eigenvalue weighted by molar-refractivity contribution is -0.143. The fourth-order valence-electron chi connectivity index (χ4n) is 2.57. The Balaban J connectivity index is 1.62. The molecule has 2 aromatic carbocycles. The Morgan fingerprint density at radius 2 is 1.96 bits per heavy atom. The summed E-state index contributed by atoms with van der Waals surface area (Å²) in [6.07, 6.45) is 0. The van der Waals surface area contributed by atoms with Gasteiger partial charge in [0, 0.05) is 27.1 Å². The van der Waals surface area contributed by atoms with Gasteiger partial charge in [0.2, 0.25) is 0 Å². The Kier molecular flexibility index (Phi) is 5.71. The van der Waals surface area contributed by atoms with Crippen LogP contribution in [-0.2, 0) is 16.1 Å². The number of benzene rings is 2. The number of rotatable bonds is 5. The summed E-state index contributed by atoms with van der Waals surface area (Å²) in [4.78, 5) is 35.7. The Labute approximate surface area is 163 Å². The Morgan fingerprint density at radius 3 is 2.74 bits per heavy atom. The van der Waals surface area contributed by atoms with Crippen molar-refractivity contribution in [3.05, 3.63) is 80.1 Å². The molecule has 0 unspecified atom stereocenters. The largest absolute Gasteiger partial charge is 0.459 e. The van der Waals surface area contributed by atoms with E-state index in [1.54, 1.807) is 36.4 Å². The third-order valence-electron chi connectivity index (χ3n) is 3.85. The summed E-state index contributed by atoms with van der Waals surface area (Å²) in [6, 6.07) is 13.6. The number of ether oxygens (including phenoxy) is 1. The van der Waals surface area contributed by atoms with E-state index in [4.69, 9.17) is 9.15 Å². The molecular weight excluding hydrogens is 414 g/mol. The van der Waals surface area contributed by atoms with Gasteiger partial charge in [-0.2, -0.15) is 0 Å². The van der Waals surface area contributed by atoms with Crippen molar-refractivity contribution in [3.63, 3.8) is 0 Å². The van der Waals surface area contributed by atoms with Crippen LogP contribution in [0.4, 0.5) is 0 Å². The van der Waals surface area contributed by atoms with E-state index in [-0.39, 0.29) is 19.1 Å². The van der Waals surface area contributed by atoms with Crippen LogP contribution in [0.2, 0.25) is 0 Å². The zero-order valence-corrected chi connectivity index (χ0v) is 16.0. The maximum absolute atomic E-state index is 12.0. The molecule has 1 aromatic heterocycles. The molecule has 6 nitrogen and oxygen atoms in total. The van der Waals surface area contributed by atoms with Crippen molar-refractivity contribution in [1.82, 2.24) is 5.32 Å². The molecule has 138 valence electrons. The van der Waals surface area contributed by atoms with Crippen LogP contribution in [0.15, 0.2) is 62.2 Å². The first-order valence-corrected chi connectivity index (χ1v) is 8.94. The summed E-state index contributed by atoms with van der Waals surface area (Å²) in [7, 11) is 0. The Morgan fingerprint density at radius 1 is 1.15 bits per heavy atom. The number of aryl methyl sites for hydroxylation is 1. The highest BCUT2D eigenvalue weighted by Crippen LogP contribution is 2.22. The topological polar surface area (TPSA) is 85.6 Å². The van der Waals surface area contributed by atoms with Crippen molar-refractivity contribution in [2.45, 2.75) is 13.5 Å². The molecule has 0 atom stereocenters. The van der Waals surface area contributed by atoms with Crippen molar-refractivity contribution in [1.29, 1.82) is 0 Å². The van der Waals surface area contributed by atoms with Crippen molar-refractivity contribution in [2.75, 3.05) is 6.54 Å². The van der Waals surface area contributed by atoms with Crippen LogP contribution in [0.5, 0.6) is 0 Å². The fourth-order valence-corrected chi connectivity index (χ4v) is 2.91. The summed E-state index contributed by atoms with van der Waals surface area (Å²) in [5, 5.41) is 3.19. The number of hydrogen-bond donors (Lipinski definition) is 1. The molecule has 1 heterocycles. The van der Waals surface area contributed by atoms with E-state index in [2.05, 4.69) is 21.2 Å². The highest BCUT2D eigenvalue weighted by atomic mass is 79.9. The van der Waals surface area contributed by atoms with Gasteiger partial charge in [0.25, 0.3) is 5.91 Å². The number of halogens is 1. The number of fused-ring (bicyclic) bond motifs is 1. The highest BCUT2D eigenvalue weighted by Gasteiger charge is 2.11. The maximum Gasteiger partial charge on any atom is 0.336 e. The molecule has 27 heavy (non-hydrogen) atoms. The van der Waals surface area contributed by atoms with Gasteiger partial charge in [0.05, 0.1) is 0 Å². The van der Waals surface area contributed by atoms with E-state index >= 15 is 0 Å². The molecule has 0 aliphatic rings. The predicted octanol–water partition coefficient (Wildman–Crippen LogP) is 3.34. The Hall–Kier alpha value is -2.93. The fraction of sp³-hybridized carbons (Fsp3) is 0.150. The number of hydrogen-bond acceptors (Lipinski definition) is 5. The van der Waals surface area contributed by atoms with Crippen LogP contribution in [-0.4, -0.2) is 18.4 Å². The predicted molar refractivity (Wildman–Crippen MR) is 103 cm³/mol. The molecule has 0 fully saturated rings. The van der Waals surface area contributed by atoms with Gasteiger partial charge < -0.3 is 14.5 Å². The van der Waals surface area contributed by atoms with Crippen LogP contribution in [0, 0.1) is 6.92 Å². The van der Waals surface area contributed by atoms with Gasteiger partial charge in [0.15, 0.2) is 0 Å². The second-order valence-electron chi connectivity index (χ2n) is 5.94. The van der Waals surface area contributed by atoms with Crippen molar-refractivity contribution < 1.29 is 18.7 Å². The highest BCUT2D eigenvalue weighted by molar-refractivity contribution is 9.10. The van der Waals surface area contributed by atoms with Gasteiger partial charge in [-0.25, -0.2) is 4.79 Å². The third-order valence-corrected chi connectivity index (χ3v) is 4.35. The van der Waals surface area contributed by atoms with Gasteiger partial charge in [-0.15, -0.1) is 0 Å². The summed E-state index contributed by atoms with van der Waals surface area (Å²) in [5.41, 5.74) is 1.83. The molecule has 0 saturated heterocycles. The Bertz CT molecular complexity index is 1070. The van der Waals surface area contributed by atoms with E-state index in [0.29, 0.717) is 22.1 Å². The minimum Gasteiger partial charge on any atom is -0.459 e. The van der Waals surface area contributed by atoms with E-state index in [9.17, 15) is 14.4 Å². The zero-order valence-electron chi connectivity index (χ0n) is 14.5. The minimum atomic E-state index is -0.602. The molecule has 1 amide bonds. The summed E-state index contributed by atoms with van der Waals surface area (Å²) < 4.78 is 11.1. The van der Waals surface area contributed by atoms with E-state index in [0.717, 1.165) is 10.0 Å².